The molecule has 0 saturated carbocycles. The second-order valence-electron chi connectivity index (χ2n) is 5.31. The summed E-state index contributed by atoms with van der Waals surface area (Å²) in [5, 5.41) is 25.3. The van der Waals surface area contributed by atoms with Crippen LogP contribution in [0.15, 0.2) is 84.1 Å². The van der Waals surface area contributed by atoms with Crippen molar-refractivity contribution in [2.24, 2.45) is 5.10 Å². The smallest absolute Gasteiger partial charge is 0.238 e. The molecule has 120 valence electrons. The maximum absolute atomic E-state index is 12.3. The zero-order valence-corrected chi connectivity index (χ0v) is 13.4. The molecule has 0 N–H and O–H groups in total. The lowest BCUT2D eigenvalue weighted by atomic mass is 10.1. The predicted octanol–water partition coefficient (Wildman–Crippen LogP) is 2.59. The lowest BCUT2D eigenvalue weighted by molar-refractivity contribution is -0.683. The van der Waals surface area contributed by atoms with Crippen LogP contribution in [0.2, 0.25) is 0 Å². The molecule has 0 radical (unpaired) electrons. The van der Waals surface area contributed by atoms with E-state index in [1.165, 1.54) is 0 Å². The number of nitrogens with zero attached hydrogens (tertiary/aromatic N) is 3. The van der Waals surface area contributed by atoms with Crippen molar-refractivity contribution in [1.82, 2.24) is 0 Å². The number of aromatic nitrogens is 1. The average Bonchev–Trinajstić information content (AvgIpc) is 2.68. The van der Waals surface area contributed by atoms with E-state index in [1.54, 1.807) is 35.1 Å². The number of nitriles is 1. The molecule has 1 heterocycles. The normalized spacial score (nSPS) is 11.4. The molecule has 3 rings (SSSR count). The maximum atomic E-state index is 12.3. The van der Waals surface area contributed by atoms with Crippen molar-refractivity contribution in [1.29, 1.82) is 5.26 Å². The minimum atomic E-state index is -0.301. The van der Waals surface area contributed by atoms with Gasteiger partial charge in [-0.2, -0.15) is 5.26 Å². The Morgan fingerprint density at radius 1 is 0.920 bits per heavy atom. The van der Waals surface area contributed by atoms with E-state index in [2.05, 4.69) is 11.2 Å². The summed E-state index contributed by atoms with van der Waals surface area (Å²) in [4.78, 5) is 0. The van der Waals surface area contributed by atoms with Gasteiger partial charge in [0.15, 0.2) is 0 Å². The first kappa shape index (κ1) is 16.2. The summed E-state index contributed by atoms with van der Waals surface area (Å²) in [5.41, 5.74) is 2.90. The Balaban J connectivity index is 1.88. The number of benzene rings is 2. The second-order valence-corrected chi connectivity index (χ2v) is 5.31. The fourth-order valence-corrected chi connectivity index (χ4v) is 2.26. The highest BCUT2D eigenvalue weighted by Crippen LogP contribution is 2.07. The summed E-state index contributed by atoms with van der Waals surface area (Å²) in [5.74, 6) is -0.301. The third kappa shape index (κ3) is 4.18. The van der Waals surface area contributed by atoms with Crippen LogP contribution >= 0.6 is 0 Å². The third-order valence-electron chi connectivity index (χ3n) is 3.58. The third-order valence-corrected chi connectivity index (χ3v) is 3.58. The lowest BCUT2D eigenvalue weighted by Gasteiger charge is -2.06. The van der Waals surface area contributed by atoms with Crippen LogP contribution in [-0.2, 0) is 0 Å². The molecule has 0 bridgehead atoms. The first-order valence-electron chi connectivity index (χ1n) is 7.76. The average molecular weight is 325 g/mol. The van der Waals surface area contributed by atoms with Crippen molar-refractivity contribution < 1.29 is 9.78 Å². The molecular weight excluding hydrogens is 310 g/mol. The Labute approximate surface area is 146 Å². The van der Waals surface area contributed by atoms with E-state index in [0.29, 0.717) is 11.1 Å². The summed E-state index contributed by atoms with van der Waals surface area (Å²) < 4.78 is 1.55. The second kappa shape index (κ2) is 7.71. The first-order chi connectivity index (χ1) is 12.3. The highest BCUT2D eigenvalue weighted by atomic mass is 16.3. The van der Waals surface area contributed by atoms with Crippen molar-refractivity contribution in [3.8, 4) is 6.07 Å². The molecule has 0 atom stereocenters. The van der Waals surface area contributed by atoms with E-state index < -0.39 is 0 Å². The van der Waals surface area contributed by atoms with E-state index in [1.807, 2.05) is 60.7 Å². The summed E-state index contributed by atoms with van der Waals surface area (Å²) in [6.07, 6.45) is 5.53. The summed E-state index contributed by atoms with van der Waals surface area (Å²) in [6.45, 7) is 0. The van der Waals surface area contributed by atoms with Crippen LogP contribution in [0, 0.1) is 11.3 Å². The quantitative estimate of drug-likeness (QED) is 0.420. The molecule has 4 nitrogen and oxygen atoms in total. The largest absolute Gasteiger partial charge is 0.854 e. The molecule has 0 aliphatic heterocycles. The van der Waals surface area contributed by atoms with Crippen molar-refractivity contribution in [3.05, 3.63) is 101 Å². The van der Waals surface area contributed by atoms with Crippen LogP contribution in [0.5, 0.6) is 0 Å². The fraction of sp³-hybridized carbons (Fsp3) is 0. The topological polar surface area (TPSA) is 63.1 Å². The molecular formula is C21H15N3O. The van der Waals surface area contributed by atoms with Gasteiger partial charge >= 0.3 is 0 Å². The monoisotopic (exact) mass is 325 g/mol. The molecule has 0 saturated heterocycles. The van der Waals surface area contributed by atoms with Gasteiger partial charge in [-0.25, -0.2) is 0 Å². The van der Waals surface area contributed by atoms with Gasteiger partial charge in [-0.1, -0.05) is 47.1 Å². The zero-order chi connectivity index (χ0) is 17.5. The molecule has 3 aromatic rings. The van der Waals surface area contributed by atoms with Crippen LogP contribution < -0.4 is 9.78 Å². The van der Waals surface area contributed by atoms with Crippen LogP contribution in [0.25, 0.3) is 12.2 Å². The van der Waals surface area contributed by atoms with Gasteiger partial charge < -0.3 is 5.11 Å². The minimum absolute atomic E-state index is 0.301. The minimum Gasteiger partial charge on any atom is -0.854 e. The molecule has 4 heteroatoms. The molecule has 0 spiro atoms. The summed E-state index contributed by atoms with van der Waals surface area (Å²) >= 11 is 0. The number of hydrogen-bond acceptors (Lipinski definition) is 3. The Morgan fingerprint density at radius 3 is 2.36 bits per heavy atom. The molecule has 1 aromatic heterocycles. The number of hydrogen-bond donors (Lipinski definition) is 0. The zero-order valence-electron chi connectivity index (χ0n) is 13.4. The van der Waals surface area contributed by atoms with Gasteiger partial charge in [-0.3, -0.25) is 0 Å². The molecule has 0 aliphatic rings. The molecule has 0 aliphatic carbocycles. The molecule has 0 fully saturated rings. The Bertz CT molecular complexity index is 952. The van der Waals surface area contributed by atoms with E-state index in [-0.39, 0.29) is 5.90 Å². The van der Waals surface area contributed by atoms with Crippen molar-refractivity contribution in [2.45, 2.75) is 0 Å². The van der Waals surface area contributed by atoms with Gasteiger partial charge in [0.1, 0.15) is 0 Å². The Morgan fingerprint density at radius 2 is 1.64 bits per heavy atom. The molecule has 0 amide bonds. The molecule has 2 aromatic carbocycles. The van der Waals surface area contributed by atoms with Crippen LogP contribution in [0.3, 0.4) is 0 Å². The van der Waals surface area contributed by atoms with Crippen molar-refractivity contribution in [2.75, 3.05) is 0 Å². The van der Waals surface area contributed by atoms with Crippen LogP contribution in [0.4, 0.5) is 0 Å². The van der Waals surface area contributed by atoms with Gasteiger partial charge in [0.2, 0.25) is 11.9 Å². The summed E-state index contributed by atoms with van der Waals surface area (Å²) in [6, 6.07) is 23.9. The maximum Gasteiger partial charge on any atom is 0.238 e. The van der Waals surface area contributed by atoms with Crippen LogP contribution in [-0.4, -0.2) is 5.90 Å². The van der Waals surface area contributed by atoms with E-state index in [0.717, 1.165) is 11.3 Å². The first-order valence-corrected chi connectivity index (χ1v) is 7.76. The predicted molar refractivity (Wildman–Crippen MR) is 95.1 cm³/mol. The van der Waals surface area contributed by atoms with Crippen molar-refractivity contribution >= 4 is 18.0 Å². The van der Waals surface area contributed by atoms with Crippen molar-refractivity contribution in [3.63, 3.8) is 0 Å². The van der Waals surface area contributed by atoms with Gasteiger partial charge in [-0.05, 0) is 40.5 Å². The standard InChI is InChI=1S/C21H15N3O/c22-16-18-11-9-17(10-12-18)13-14-20-8-4-5-15-24(20)23-21(25)19-6-2-1-3-7-19/h1-15H/b14-13+. The Hall–Kier alpha value is -3.71. The van der Waals surface area contributed by atoms with E-state index in [4.69, 9.17) is 5.26 Å². The lowest BCUT2D eigenvalue weighted by Crippen LogP contribution is -2.36. The number of rotatable bonds is 4. The fourth-order valence-electron chi connectivity index (χ4n) is 2.26. The summed E-state index contributed by atoms with van der Waals surface area (Å²) in [7, 11) is 0. The number of pyridine rings is 1. The van der Waals surface area contributed by atoms with Gasteiger partial charge in [0, 0.05) is 18.2 Å². The van der Waals surface area contributed by atoms with E-state index >= 15 is 0 Å². The highest BCUT2D eigenvalue weighted by Gasteiger charge is 2.06. The molecule has 25 heavy (non-hydrogen) atoms. The molecule has 0 unspecified atom stereocenters. The van der Waals surface area contributed by atoms with Crippen LogP contribution in [0.1, 0.15) is 22.4 Å². The highest BCUT2D eigenvalue weighted by molar-refractivity contribution is 5.89. The SMILES string of the molecule is N#Cc1ccc(/C=C/c2cccc[n+]2/N=C(\[O-])c2ccccc2)cc1. The van der Waals surface area contributed by atoms with E-state index in [9.17, 15) is 5.11 Å². The van der Waals surface area contributed by atoms with Gasteiger partial charge in [0.25, 0.3) is 0 Å². The van der Waals surface area contributed by atoms with Gasteiger partial charge in [-0.15, -0.1) is 0 Å². The Kier molecular flexibility index (Phi) is 4.98. The van der Waals surface area contributed by atoms with Gasteiger partial charge in [0.05, 0.1) is 17.5 Å².